The number of hydrogen-bond acceptors (Lipinski definition) is 3. The van der Waals surface area contributed by atoms with Crippen LogP contribution in [0.4, 0.5) is 5.69 Å². The number of carbonyl (C=O) groups is 2. The molecule has 2 heterocycles. The van der Waals surface area contributed by atoms with E-state index in [2.05, 4.69) is 5.43 Å². The van der Waals surface area contributed by atoms with Crippen molar-refractivity contribution in [2.45, 2.75) is 0 Å². The van der Waals surface area contributed by atoms with Crippen molar-refractivity contribution in [1.29, 1.82) is 0 Å². The summed E-state index contributed by atoms with van der Waals surface area (Å²) in [4.78, 5) is 25.0. The zero-order valence-corrected chi connectivity index (χ0v) is 11.7. The molecule has 6 heteroatoms. The highest BCUT2D eigenvalue weighted by Gasteiger charge is 2.34. The molecule has 1 fully saturated rings. The summed E-state index contributed by atoms with van der Waals surface area (Å²) >= 11 is 7.27. The quantitative estimate of drug-likeness (QED) is 0.685. The van der Waals surface area contributed by atoms with Gasteiger partial charge in [0.05, 0.1) is 5.69 Å². The first-order chi connectivity index (χ1) is 9.65. The van der Waals surface area contributed by atoms with Crippen LogP contribution in [0.15, 0.2) is 47.4 Å². The highest BCUT2D eigenvalue weighted by Crippen LogP contribution is 2.23. The lowest BCUT2D eigenvalue weighted by atomic mass is 10.2. The van der Waals surface area contributed by atoms with Gasteiger partial charge in [0.15, 0.2) is 0 Å². The smallest absolute Gasteiger partial charge is 0.267 e. The van der Waals surface area contributed by atoms with Gasteiger partial charge in [-0.15, -0.1) is 11.3 Å². The molecule has 0 atom stereocenters. The molecule has 1 aliphatic rings. The van der Waals surface area contributed by atoms with Crippen LogP contribution in [0.2, 0.25) is 5.02 Å². The average molecular weight is 305 g/mol. The number of rotatable bonds is 2. The molecule has 0 bridgehead atoms. The Labute approximate surface area is 124 Å². The van der Waals surface area contributed by atoms with Gasteiger partial charge in [0, 0.05) is 9.90 Å². The fraction of sp³-hybridized carbons (Fsp3) is 0. The number of benzene rings is 1. The minimum absolute atomic E-state index is 0.127. The average Bonchev–Trinajstić information content (AvgIpc) is 3.04. The number of hydrogen-bond donors (Lipinski definition) is 1. The minimum Gasteiger partial charge on any atom is -0.267 e. The summed E-state index contributed by atoms with van der Waals surface area (Å²) in [5.41, 5.74) is 3.24. The van der Waals surface area contributed by atoms with Crippen LogP contribution < -0.4 is 10.4 Å². The van der Waals surface area contributed by atoms with Gasteiger partial charge in [-0.25, -0.2) is 5.01 Å². The maximum absolute atomic E-state index is 12.3. The standard InChI is InChI=1S/C14H9ClN2O2S/c15-9-3-5-10(6-4-9)17-14(19)12(13(18)16-17)8-11-2-1-7-20-11/h1-8H,(H,16,18)/b12-8-. The molecule has 2 aromatic rings. The summed E-state index contributed by atoms with van der Waals surface area (Å²) in [7, 11) is 0. The summed E-state index contributed by atoms with van der Waals surface area (Å²) in [6, 6.07) is 10.4. The van der Waals surface area contributed by atoms with Crippen LogP contribution in [0.1, 0.15) is 4.88 Å². The Morgan fingerprint density at radius 1 is 1.15 bits per heavy atom. The van der Waals surface area contributed by atoms with Gasteiger partial charge >= 0.3 is 0 Å². The fourth-order valence-corrected chi connectivity index (χ4v) is 2.63. The molecule has 0 spiro atoms. The molecule has 0 radical (unpaired) electrons. The second-order valence-corrected chi connectivity index (χ2v) is 5.55. The van der Waals surface area contributed by atoms with E-state index in [1.807, 2.05) is 17.5 Å². The highest BCUT2D eigenvalue weighted by molar-refractivity contribution is 7.10. The van der Waals surface area contributed by atoms with Gasteiger partial charge in [0.1, 0.15) is 5.57 Å². The third kappa shape index (κ3) is 2.33. The molecule has 1 N–H and O–H groups in total. The molecule has 0 saturated carbocycles. The Balaban J connectivity index is 1.92. The molecule has 100 valence electrons. The van der Waals surface area contributed by atoms with Gasteiger partial charge in [0.2, 0.25) is 0 Å². The Kier molecular flexibility index (Phi) is 3.30. The largest absolute Gasteiger partial charge is 0.282 e. The second kappa shape index (κ2) is 5.11. The first-order valence-electron chi connectivity index (χ1n) is 5.81. The molecule has 1 aliphatic heterocycles. The van der Waals surface area contributed by atoms with Crippen LogP contribution in [0.5, 0.6) is 0 Å². The summed E-state index contributed by atoms with van der Waals surface area (Å²) in [6.07, 6.45) is 1.60. The molecular formula is C14H9ClN2O2S. The molecular weight excluding hydrogens is 296 g/mol. The van der Waals surface area contributed by atoms with Crippen LogP contribution in [0.25, 0.3) is 6.08 Å². The predicted octanol–water partition coefficient (Wildman–Crippen LogP) is 2.86. The van der Waals surface area contributed by atoms with Gasteiger partial charge in [-0.05, 0) is 41.8 Å². The number of anilines is 1. The lowest BCUT2D eigenvalue weighted by Gasteiger charge is -2.14. The van der Waals surface area contributed by atoms with E-state index >= 15 is 0 Å². The van der Waals surface area contributed by atoms with E-state index in [0.29, 0.717) is 10.7 Å². The number of carbonyl (C=O) groups excluding carboxylic acids is 2. The Hall–Kier alpha value is -2.11. The first kappa shape index (κ1) is 12.9. The van der Waals surface area contributed by atoms with Gasteiger partial charge in [-0.1, -0.05) is 17.7 Å². The van der Waals surface area contributed by atoms with Gasteiger partial charge in [-0.3, -0.25) is 15.0 Å². The van der Waals surface area contributed by atoms with Crippen molar-refractivity contribution in [3.63, 3.8) is 0 Å². The van der Waals surface area contributed by atoms with E-state index in [4.69, 9.17) is 11.6 Å². The van der Waals surface area contributed by atoms with Crippen molar-refractivity contribution in [3.8, 4) is 0 Å². The highest BCUT2D eigenvalue weighted by atomic mass is 35.5. The maximum Gasteiger partial charge on any atom is 0.282 e. The monoisotopic (exact) mass is 304 g/mol. The lowest BCUT2D eigenvalue weighted by Crippen LogP contribution is -2.35. The van der Waals surface area contributed by atoms with Gasteiger partial charge < -0.3 is 0 Å². The number of hydrazine groups is 1. The zero-order chi connectivity index (χ0) is 14.1. The molecule has 3 rings (SSSR count). The Morgan fingerprint density at radius 2 is 1.90 bits per heavy atom. The molecule has 1 aromatic heterocycles. The van der Waals surface area contributed by atoms with E-state index in [1.54, 1.807) is 30.3 Å². The van der Waals surface area contributed by atoms with E-state index < -0.39 is 5.91 Å². The normalized spacial score (nSPS) is 16.9. The SMILES string of the molecule is O=C1NN(c2ccc(Cl)cc2)C(=O)/C1=C\c1cccs1. The number of nitrogens with zero attached hydrogens (tertiary/aromatic N) is 1. The molecule has 2 amide bonds. The molecule has 1 aromatic carbocycles. The zero-order valence-electron chi connectivity index (χ0n) is 10.2. The van der Waals surface area contributed by atoms with Crippen molar-refractivity contribution in [2.24, 2.45) is 0 Å². The predicted molar refractivity (Wildman–Crippen MR) is 79.4 cm³/mol. The lowest BCUT2D eigenvalue weighted by molar-refractivity contribution is -0.117. The van der Waals surface area contributed by atoms with Crippen molar-refractivity contribution < 1.29 is 9.59 Å². The molecule has 4 nitrogen and oxygen atoms in total. The van der Waals surface area contributed by atoms with Crippen molar-refractivity contribution >= 4 is 46.5 Å². The van der Waals surface area contributed by atoms with Crippen LogP contribution in [0, 0.1) is 0 Å². The number of halogens is 1. The second-order valence-electron chi connectivity index (χ2n) is 4.13. The summed E-state index contributed by atoms with van der Waals surface area (Å²) in [5, 5.41) is 3.68. The van der Waals surface area contributed by atoms with E-state index in [1.165, 1.54) is 16.3 Å². The topological polar surface area (TPSA) is 49.4 Å². The van der Waals surface area contributed by atoms with Crippen molar-refractivity contribution in [3.05, 3.63) is 57.3 Å². The molecule has 0 aliphatic carbocycles. The number of amides is 2. The van der Waals surface area contributed by atoms with Crippen molar-refractivity contribution in [1.82, 2.24) is 5.43 Å². The van der Waals surface area contributed by atoms with E-state index in [0.717, 1.165) is 4.88 Å². The van der Waals surface area contributed by atoms with Gasteiger partial charge in [0.25, 0.3) is 11.8 Å². The maximum atomic E-state index is 12.3. The summed E-state index contributed by atoms with van der Waals surface area (Å²) in [6.45, 7) is 0. The first-order valence-corrected chi connectivity index (χ1v) is 7.07. The molecule has 20 heavy (non-hydrogen) atoms. The van der Waals surface area contributed by atoms with Gasteiger partial charge in [-0.2, -0.15) is 0 Å². The van der Waals surface area contributed by atoms with Crippen LogP contribution >= 0.6 is 22.9 Å². The van der Waals surface area contributed by atoms with Crippen molar-refractivity contribution in [2.75, 3.05) is 5.01 Å². The van der Waals surface area contributed by atoms with Crippen LogP contribution in [-0.4, -0.2) is 11.8 Å². The van der Waals surface area contributed by atoms with Crippen LogP contribution in [0.3, 0.4) is 0 Å². The number of nitrogens with one attached hydrogen (secondary N) is 1. The molecule has 1 saturated heterocycles. The Morgan fingerprint density at radius 3 is 2.55 bits per heavy atom. The third-order valence-corrected chi connectivity index (χ3v) is 3.88. The minimum atomic E-state index is -0.404. The third-order valence-electron chi connectivity index (χ3n) is 2.81. The summed E-state index contributed by atoms with van der Waals surface area (Å²) < 4.78 is 0. The fourth-order valence-electron chi connectivity index (χ4n) is 1.85. The van der Waals surface area contributed by atoms with Crippen LogP contribution in [-0.2, 0) is 9.59 Å². The summed E-state index contributed by atoms with van der Waals surface area (Å²) in [5.74, 6) is -0.774. The molecule has 0 unspecified atom stereocenters. The van der Waals surface area contributed by atoms with E-state index in [-0.39, 0.29) is 11.5 Å². The Bertz CT molecular complexity index is 692. The number of thiophene rings is 1. The van der Waals surface area contributed by atoms with E-state index in [9.17, 15) is 9.59 Å².